The van der Waals surface area contributed by atoms with E-state index in [1.165, 1.54) is 4.90 Å². The van der Waals surface area contributed by atoms with Crippen LogP contribution in [-0.2, 0) is 4.79 Å². The van der Waals surface area contributed by atoms with Gasteiger partial charge in [-0.25, -0.2) is 0 Å². The predicted octanol–water partition coefficient (Wildman–Crippen LogP) is 0.854. The summed E-state index contributed by atoms with van der Waals surface area (Å²) in [6.07, 6.45) is 0.532. The number of likely N-dealkylation sites (N-methyl/N-ethyl adjacent to an activating group) is 1. The summed E-state index contributed by atoms with van der Waals surface area (Å²) in [5, 5.41) is 0.534. The van der Waals surface area contributed by atoms with E-state index in [1.807, 2.05) is 17.0 Å². The van der Waals surface area contributed by atoms with E-state index in [0.29, 0.717) is 10.8 Å². The topological polar surface area (TPSA) is 34.0 Å². The Kier molecular flexibility index (Phi) is 5.26. The van der Waals surface area contributed by atoms with Gasteiger partial charge in [0.15, 0.2) is 6.10 Å². The first-order valence-corrected chi connectivity index (χ1v) is 7.47. The van der Waals surface area contributed by atoms with Gasteiger partial charge in [-0.3, -0.25) is 4.79 Å². The summed E-state index contributed by atoms with van der Waals surface area (Å²) in [5.41, 5.74) is 0. The number of ether oxygens (including phenoxy) is 1. The molecule has 5 heteroatoms. The molecule has 1 aromatic rings. The van der Waals surface area contributed by atoms with Gasteiger partial charge in [0.1, 0.15) is 5.75 Å². The van der Waals surface area contributed by atoms with Gasteiger partial charge in [-0.2, -0.15) is 0 Å². The van der Waals surface area contributed by atoms with Crippen molar-refractivity contribution < 1.29 is 14.4 Å². The maximum atomic E-state index is 12.4. The van der Waals surface area contributed by atoms with Gasteiger partial charge in [-0.15, -0.1) is 0 Å². The van der Waals surface area contributed by atoms with E-state index in [1.54, 1.807) is 19.1 Å². The van der Waals surface area contributed by atoms with Gasteiger partial charge in [0.25, 0.3) is 5.91 Å². The van der Waals surface area contributed by atoms with Crippen LogP contribution in [0.1, 0.15) is 13.3 Å². The minimum Gasteiger partial charge on any atom is -0.479 e. The van der Waals surface area contributed by atoms with Gasteiger partial charge in [-0.05, 0) is 19.1 Å². The summed E-state index contributed by atoms with van der Waals surface area (Å²) in [6, 6.07) is 7.24. The minimum atomic E-state index is -0.506. The lowest BCUT2D eigenvalue weighted by Gasteiger charge is -2.24. The molecule has 1 fully saturated rings. The number of hydrogen-bond donors (Lipinski definition) is 1. The molecular formula is C15H22ClN2O2+. The third-order valence-electron chi connectivity index (χ3n) is 3.64. The van der Waals surface area contributed by atoms with Crippen molar-refractivity contribution in [2.24, 2.45) is 0 Å². The Labute approximate surface area is 125 Å². The SMILES string of the molecule is C[C@@H](Oc1ccccc1Cl)C(=O)N1CCC[NH+](C)CC1. The van der Waals surface area contributed by atoms with Crippen LogP contribution in [0.5, 0.6) is 5.75 Å². The highest BCUT2D eigenvalue weighted by atomic mass is 35.5. The fourth-order valence-corrected chi connectivity index (χ4v) is 2.57. The Morgan fingerprint density at radius 1 is 1.35 bits per heavy atom. The molecule has 1 N–H and O–H groups in total. The maximum absolute atomic E-state index is 12.4. The Morgan fingerprint density at radius 2 is 2.10 bits per heavy atom. The standard InChI is InChI=1S/C15H21ClN2O2/c1-12(20-14-7-4-3-6-13(14)16)15(19)18-9-5-8-17(2)10-11-18/h3-4,6-7,12H,5,8-11H2,1-2H3/p+1/t12-/m1/s1. The van der Waals surface area contributed by atoms with Crippen LogP contribution in [0.2, 0.25) is 5.02 Å². The van der Waals surface area contributed by atoms with E-state index >= 15 is 0 Å². The number of hydrogen-bond acceptors (Lipinski definition) is 2. The molecule has 2 rings (SSSR count). The lowest BCUT2D eigenvalue weighted by atomic mass is 10.3. The molecule has 0 aliphatic carbocycles. The predicted molar refractivity (Wildman–Crippen MR) is 79.4 cm³/mol. The molecular weight excluding hydrogens is 276 g/mol. The van der Waals surface area contributed by atoms with Gasteiger partial charge < -0.3 is 14.5 Å². The smallest absolute Gasteiger partial charge is 0.263 e. The fourth-order valence-electron chi connectivity index (χ4n) is 2.39. The first kappa shape index (κ1) is 15.1. The monoisotopic (exact) mass is 297 g/mol. The van der Waals surface area contributed by atoms with Crippen LogP contribution >= 0.6 is 11.6 Å². The number of nitrogens with one attached hydrogen (secondary N) is 1. The zero-order chi connectivity index (χ0) is 14.5. The highest BCUT2D eigenvalue weighted by Crippen LogP contribution is 2.24. The van der Waals surface area contributed by atoms with E-state index in [4.69, 9.17) is 16.3 Å². The summed E-state index contributed by atoms with van der Waals surface area (Å²) in [6.45, 7) is 5.49. The van der Waals surface area contributed by atoms with Crippen LogP contribution in [0.4, 0.5) is 0 Å². The van der Waals surface area contributed by atoms with E-state index < -0.39 is 6.10 Å². The number of benzene rings is 1. The number of carbonyl (C=O) groups is 1. The Balaban J connectivity index is 1.96. The number of quaternary nitrogens is 1. The second-order valence-electron chi connectivity index (χ2n) is 5.33. The maximum Gasteiger partial charge on any atom is 0.263 e. The molecule has 0 aromatic heterocycles. The molecule has 1 aromatic carbocycles. The van der Waals surface area contributed by atoms with E-state index in [2.05, 4.69) is 7.05 Å². The molecule has 1 aliphatic heterocycles. The van der Waals surface area contributed by atoms with Gasteiger partial charge in [0, 0.05) is 13.0 Å². The van der Waals surface area contributed by atoms with Crippen LogP contribution in [0.3, 0.4) is 0 Å². The van der Waals surface area contributed by atoms with Gasteiger partial charge >= 0.3 is 0 Å². The molecule has 20 heavy (non-hydrogen) atoms. The quantitative estimate of drug-likeness (QED) is 0.898. The van der Waals surface area contributed by atoms with Crippen LogP contribution < -0.4 is 9.64 Å². The van der Waals surface area contributed by atoms with Crippen LogP contribution in [0.25, 0.3) is 0 Å². The zero-order valence-corrected chi connectivity index (χ0v) is 12.8. The van der Waals surface area contributed by atoms with Crippen molar-refractivity contribution in [3.8, 4) is 5.75 Å². The highest BCUT2D eigenvalue weighted by Gasteiger charge is 2.25. The van der Waals surface area contributed by atoms with Crippen LogP contribution in [0.15, 0.2) is 24.3 Å². The van der Waals surface area contributed by atoms with Crippen molar-refractivity contribution in [3.63, 3.8) is 0 Å². The van der Waals surface area contributed by atoms with Crippen LogP contribution in [0, 0.1) is 0 Å². The second-order valence-corrected chi connectivity index (χ2v) is 5.73. The molecule has 1 unspecified atom stereocenters. The Morgan fingerprint density at radius 3 is 2.85 bits per heavy atom. The molecule has 1 aliphatic rings. The molecule has 0 radical (unpaired) electrons. The fraction of sp³-hybridized carbons (Fsp3) is 0.533. The number of halogens is 1. The number of carbonyl (C=O) groups excluding carboxylic acids is 1. The van der Waals surface area contributed by atoms with Crippen molar-refractivity contribution in [1.29, 1.82) is 0 Å². The van der Waals surface area contributed by atoms with Gasteiger partial charge in [0.2, 0.25) is 0 Å². The Bertz CT molecular complexity index is 467. The molecule has 0 saturated carbocycles. The van der Waals surface area contributed by atoms with Crippen molar-refractivity contribution in [1.82, 2.24) is 4.90 Å². The molecule has 2 atom stereocenters. The summed E-state index contributed by atoms with van der Waals surface area (Å²) in [4.78, 5) is 15.8. The highest BCUT2D eigenvalue weighted by molar-refractivity contribution is 6.32. The molecule has 1 amide bonds. The average Bonchev–Trinajstić information content (AvgIpc) is 2.65. The van der Waals surface area contributed by atoms with Crippen molar-refractivity contribution in [3.05, 3.63) is 29.3 Å². The van der Waals surface area contributed by atoms with Gasteiger partial charge in [-0.1, -0.05) is 23.7 Å². The molecule has 4 nitrogen and oxygen atoms in total. The molecule has 0 spiro atoms. The lowest BCUT2D eigenvalue weighted by molar-refractivity contribution is -0.877. The first-order chi connectivity index (χ1) is 9.58. The van der Waals surface area contributed by atoms with Crippen LogP contribution in [-0.4, -0.2) is 50.1 Å². The minimum absolute atomic E-state index is 0.0413. The first-order valence-electron chi connectivity index (χ1n) is 7.09. The molecule has 1 saturated heterocycles. The molecule has 110 valence electrons. The second kappa shape index (κ2) is 6.95. The molecule has 1 heterocycles. The number of nitrogens with zero attached hydrogens (tertiary/aromatic N) is 1. The largest absolute Gasteiger partial charge is 0.479 e. The third kappa shape index (κ3) is 3.87. The van der Waals surface area contributed by atoms with Crippen molar-refractivity contribution in [2.45, 2.75) is 19.4 Å². The Hall–Kier alpha value is -1.26. The average molecular weight is 298 g/mol. The number of para-hydroxylation sites is 1. The normalized spacial score (nSPS) is 21.1. The summed E-state index contributed by atoms with van der Waals surface area (Å²) in [5.74, 6) is 0.604. The number of amides is 1. The molecule has 0 bridgehead atoms. The summed E-state index contributed by atoms with van der Waals surface area (Å²) in [7, 11) is 2.16. The van der Waals surface area contributed by atoms with E-state index in [0.717, 1.165) is 32.6 Å². The summed E-state index contributed by atoms with van der Waals surface area (Å²) < 4.78 is 5.70. The van der Waals surface area contributed by atoms with E-state index in [-0.39, 0.29) is 5.91 Å². The lowest BCUT2D eigenvalue weighted by Crippen LogP contribution is -3.09. The van der Waals surface area contributed by atoms with Crippen molar-refractivity contribution >= 4 is 17.5 Å². The number of rotatable bonds is 3. The zero-order valence-electron chi connectivity index (χ0n) is 12.1. The third-order valence-corrected chi connectivity index (χ3v) is 3.95. The van der Waals surface area contributed by atoms with Crippen molar-refractivity contribution in [2.75, 3.05) is 33.2 Å². The van der Waals surface area contributed by atoms with E-state index in [9.17, 15) is 4.79 Å². The van der Waals surface area contributed by atoms with Gasteiger partial charge in [0.05, 0.1) is 31.7 Å². The summed E-state index contributed by atoms with van der Waals surface area (Å²) >= 11 is 6.05.